The second kappa shape index (κ2) is 15.1. The number of hydrogen-bond acceptors (Lipinski definition) is 13. The van der Waals surface area contributed by atoms with Crippen LogP contribution in [0.5, 0.6) is 0 Å². The summed E-state index contributed by atoms with van der Waals surface area (Å²) in [5.41, 5.74) is -1.69. The zero-order valence-corrected chi connectivity index (χ0v) is 33.5. The van der Waals surface area contributed by atoms with Gasteiger partial charge in [-0.1, -0.05) is 46.3 Å². The van der Waals surface area contributed by atoms with Gasteiger partial charge in [0.05, 0.1) is 37.1 Å². The molecule has 0 spiro atoms. The molecule has 2 saturated heterocycles. The predicted octanol–water partition coefficient (Wildman–Crippen LogP) is 1.76. The van der Waals surface area contributed by atoms with Crippen LogP contribution in [0.3, 0.4) is 0 Å². The maximum absolute atomic E-state index is 12.2. The summed E-state index contributed by atoms with van der Waals surface area (Å²) in [6.45, 7) is 16.0. The van der Waals surface area contributed by atoms with Gasteiger partial charge in [0.1, 0.15) is 42.7 Å². The van der Waals surface area contributed by atoms with E-state index < -0.39 is 107 Å². The normalized spacial score (nSPS) is 52.8. The molecule has 312 valence electrons. The van der Waals surface area contributed by atoms with Crippen molar-refractivity contribution in [2.75, 3.05) is 13.2 Å². The van der Waals surface area contributed by atoms with Crippen molar-refractivity contribution in [3.63, 3.8) is 0 Å². The molecule has 6 aliphatic rings. The highest BCUT2D eigenvalue weighted by Gasteiger charge is 2.73. The molecule has 0 amide bonds. The molecule has 9 N–H and O–H groups in total. The van der Waals surface area contributed by atoms with Gasteiger partial charge in [-0.25, -0.2) is 0 Å². The van der Waals surface area contributed by atoms with Crippen LogP contribution in [0.15, 0.2) is 11.6 Å². The lowest BCUT2D eigenvalue weighted by atomic mass is 9.34. The second-order valence-electron chi connectivity index (χ2n) is 19.8. The van der Waals surface area contributed by atoms with Gasteiger partial charge >= 0.3 is 0 Å². The standard InChI is InChI=1S/C41H70O13/c1-20(2)10-9-13-41(8,50)21-11-15-39(6)28(21)22(43)16-26-38(5)14-12-27(45)37(3,4)34(38)24(17-40(26,39)7)52-36-33(31(48)30(47)25(18-42)53-36)54-35-32(49)29(46)23(44)19-51-35/h10,21-36,42-50H,9,11-19H2,1-8H3/t21-,22+,23+,24-,25+,26+,27-,28-,29-,30+,31-,32+,33+,34-,35-,36+,38+,39+,40+,41+/m1/s1. The SMILES string of the molecule is CC(C)=CCC[C@](C)(O)[C@@H]1CC[C@@]2(C)[C@H]1[C@@H](O)C[C@H]1[C@]3(C)CC[C@@H](O)C(C)(C)[C@H]3[C@H](O[C@H]3O[C@@H](CO)[C@H](O)[C@@H](O)[C@@H]3O[C@H]3OC[C@H](O)[C@@H](O)[C@@H]3O)C[C@@]12C. The Kier molecular flexibility index (Phi) is 12.0. The highest BCUT2D eigenvalue weighted by atomic mass is 16.8. The van der Waals surface area contributed by atoms with Crippen molar-refractivity contribution in [3.8, 4) is 0 Å². The third-order valence-corrected chi connectivity index (χ3v) is 16.1. The third kappa shape index (κ3) is 6.86. The Morgan fingerprint density at radius 1 is 0.833 bits per heavy atom. The number of fused-ring (bicyclic) bond motifs is 5. The minimum atomic E-state index is -1.68. The Morgan fingerprint density at radius 3 is 2.17 bits per heavy atom. The zero-order chi connectivity index (χ0) is 39.9. The third-order valence-electron chi connectivity index (χ3n) is 16.1. The average molecular weight is 771 g/mol. The quantitative estimate of drug-likeness (QED) is 0.121. The first-order valence-corrected chi connectivity index (χ1v) is 20.4. The maximum atomic E-state index is 12.2. The highest BCUT2D eigenvalue weighted by molar-refractivity contribution is 5.22. The minimum absolute atomic E-state index is 0.0443. The van der Waals surface area contributed by atoms with Crippen molar-refractivity contribution in [1.82, 2.24) is 0 Å². The Labute approximate surface area is 320 Å². The minimum Gasteiger partial charge on any atom is -0.394 e. The number of ether oxygens (including phenoxy) is 4. The van der Waals surface area contributed by atoms with E-state index in [4.69, 9.17) is 18.9 Å². The Bertz CT molecular complexity index is 1350. The zero-order valence-electron chi connectivity index (χ0n) is 33.5. The van der Waals surface area contributed by atoms with E-state index in [0.29, 0.717) is 32.1 Å². The number of rotatable bonds is 9. The Hall–Kier alpha value is -0.780. The van der Waals surface area contributed by atoms with E-state index in [0.717, 1.165) is 19.3 Å². The summed E-state index contributed by atoms with van der Waals surface area (Å²) in [7, 11) is 0. The molecule has 4 saturated carbocycles. The van der Waals surface area contributed by atoms with Crippen molar-refractivity contribution in [2.24, 2.45) is 45.3 Å². The van der Waals surface area contributed by atoms with Crippen LogP contribution in [-0.2, 0) is 18.9 Å². The van der Waals surface area contributed by atoms with Gasteiger partial charge in [0.15, 0.2) is 12.6 Å². The first-order chi connectivity index (χ1) is 25.0. The molecule has 0 unspecified atom stereocenters. The largest absolute Gasteiger partial charge is 0.394 e. The van der Waals surface area contributed by atoms with Gasteiger partial charge in [-0.2, -0.15) is 0 Å². The number of aliphatic hydroxyl groups excluding tert-OH is 8. The molecular weight excluding hydrogens is 700 g/mol. The first-order valence-electron chi connectivity index (χ1n) is 20.4. The lowest BCUT2D eigenvalue weighted by molar-refractivity contribution is -0.377. The van der Waals surface area contributed by atoms with E-state index in [1.54, 1.807) is 0 Å². The fraction of sp³-hybridized carbons (Fsp3) is 0.951. The molecule has 13 heteroatoms. The van der Waals surface area contributed by atoms with Crippen LogP contribution in [0.25, 0.3) is 0 Å². The maximum Gasteiger partial charge on any atom is 0.187 e. The topological polar surface area (TPSA) is 219 Å². The molecule has 2 aliphatic heterocycles. The lowest BCUT2D eigenvalue weighted by Crippen LogP contribution is -2.71. The van der Waals surface area contributed by atoms with E-state index in [1.165, 1.54) is 5.57 Å². The van der Waals surface area contributed by atoms with E-state index in [9.17, 15) is 46.0 Å². The van der Waals surface area contributed by atoms with Gasteiger partial charge in [-0.15, -0.1) is 0 Å². The van der Waals surface area contributed by atoms with Gasteiger partial charge < -0.3 is 64.9 Å². The average Bonchev–Trinajstić information content (AvgIpc) is 3.48. The molecule has 0 aromatic heterocycles. The summed E-state index contributed by atoms with van der Waals surface area (Å²) in [6.07, 6.45) is -7.90. The summed E-state index contributed by atoms with van der Waals surface area (Å²) in [6, 6.07) is 0. The fourth-order valence-corrected chi connectivity index (χ4v) is 13.1. The summed E-state index contributed by atoms with van der Waals surface area (Å²) in [5, 5.41) is 99.6. The molecule has 0 bridgehead atoms. The van der Waals surface area contributed by atoms with E-state index in [1.807, 2.05) is 20.8 Å². The van der Waals surface area contributed by atoms with Gasteiger partial charge in [0.25, 0.3) is 0 Å². The number of allylic oxidation sites excluding steroid dienone is 2. The van der Waals surface area contributed by atoms with Crippen molar-refractivity contribution in [2.45, 2.75) is 186 Å². The van der Waals surface area contributed by atoms with Crippen molar-refractivity contribution in [3.05, 3.63) is 11.6 Å². The van der Waals surface area contributed by atoms with E-state index in [-0.39, 0.29) is 30.3 Å². The van der Waals surface area contributed by atoms with Gasteiger partial charge in [0.2, 0.25) is 0 Å². The molecular formula is C41H70O13. The molecule has 0 aromatic rings. The molecule has 13 nitrogen and oxygen atoms in total. The summed E-state index contributed by atoms with van der Waals surface area (Å²) < 4.78 is 24.8. The van der Waals surface area contributed by atoms with Crippen molar-refractivity contribution >= 4 is 0 Å². The van der Waals surface area contributed by atoms with Crippen LogP contribution in [0.1, 0.15) is 107 Å². The Balaban J connectivity index is 1.38. The Morgan fingerprint density at radius 2 is 1.52 bits per heavy atom. The second-order valence-corrected chi connectivity index (χ2v) is 19.8. The van der Waals surface area contributed by atoms with Gasteiger partial charge in [0, 0.05) is 0 Å². The smallest absolute Gasteiger partial charge is 0.187 e. The van der Waals surface area contributed by atoms with Crippen LogP contribution in [-0.4, -0.2) is 138 Å². The molecule has 20 atom stereocenters. The lowest BCUT2D eigenvalue weighted by Gasteiger charge is -2.72. The van der Waals surface area contributed by atoms with E-state index in [2.05, 4.69) is 40.7 Å². The molecule has 54 heavy (non-hydrogen) atoms. The van der Waals surface area contributed by atoms with Crippen LogP contribution in [0.4, 0.5) is 0 Å². The summed E-state index contributed by atoms with van der Waals surface area (Å²) in [4.78, 5) is 0. The first kappa shape index (κ1) is 42.8. The molecule has 6 rings (SSSR count). The van der Waals surface area contributed by atoms with Crippen molar-refractivity contribution in [1.29, 1.82) is 0 Å². The summed E-state index contributed by atoms with van der Waals surface area (Å²) in [5.74, 6) is -0.513. The fourth-order valence-electron chi connectivity index (χ4n) is 13.1. The van der Waals surface area contributed by atoms with Crippen LogP contribution in [0, 0.1) is 45.3 Å². The molecule has 0 aromatic carbocycles. The predicted molar refractivity (Wildman–Crippen MR) is 196 cm³/mol. The van der Waals surface area contributed by atoms with Crippen LogP contribution < -0.4 is 0 Å². The molecule has 2 heterocycles. The van der Waals surface area contributed by atoms with Crippen LogP contribution in [0.2, 0.25) is 0 Å². The van der Waals surface area contributed by atoms with Crippen molar-refractivity contribution < 1.29 is 64.9 Å². The molecule has 4 aliphatic carbocycles. The number of hydrogen-bond donors (Lipinski definition) is 9. The number of aliphatic hydroxyl groups is 9. The molecule has 0 radical (unpaired) electrons. The van der Waals surface area contributed by atoms with Gasteiger partial charge in [-0.05, 0) is 117 Å². The summed E-state index contributed by atoms with van der Waals surface area (Å²) >= 11 is 0. The highest BCUT2D eigenvalue weighted by Crippen LogP contribution is 2.76. The van der Waals surface area contributed by atoms with Gasteiger partial charge in [-0.3, -0.25) is 0 Å². The molecule has 6 fully saturated rings. The monoisotopic (exact) mass is 770 g/mol. The van der Waals surface area contributed by atoms with Crippen LogP contribution >= 0.6 is 0 Å². The van der Waals surface area contributed by atoms with E-state index >= 15 is 0 Å².